The highest BCUT2D eigenvalue weighted by Crippen LogP contribution is 2.29. The lowest BCUT2D eigenvalue weighted by molar-refractivity contribution is 0.369. The Morgan fingerprint density at radius 3 is 2.53 bits per heavy atom. The molecule has 0 spiro atoms. The molecular weight excluding hydrogens is 208 g/mol. The monoisotopic (exact) mass is 222 g/mol. The maximum absolute atomic E-state index is 6.00. The maximum atomic E-state index is 6.00. The molecule has 0 bridgehead atoms. The van der Waals surface area contributed by atoms with E-state index in [0.29, 0.717) is 5.02 Å². The molecule has 0 aliphatic rings. The minimum Gasteiger partial charge on any atom is -0.481 e. The van der Waals surface area contributed by atoms with Gasteiger partial charge < -0.3 is 4.74 Å². The van der Waals surface area contributed by atoms with Gasteiger partial charge in [0.2, 0.25) is 0 Å². The second kappa shape index (κ2) is 4.59. The molecule has 0 radical (unpaired) electrons. The molecule has 0 aliphatic carbocycles. The van der Waals surface area contributed by atoms with Crippen molar-refractivity contribution in [3.63, 3.8) is 0 Å². The van der Waals surface area contributed by atoms with Crippen LogP contribution in [-0.4, -0.2) is 6.61 Å². The Morgan fingerprint density at radius 2 is 2.00 bits per heavy atom. The van der Waals surface area contributed by atoms with Crippen LogP contribution in [0.5, 0.6) is 5.75 Å². The van der Waals surface area contributed by atoms with Crippen molar-refractivity contribution in [2.24, 2.45) is 0 Å². The Balaban J connectivity index is 3.01. The minimum atomic E-state index is 0.0547. The zero-order valence-corrected chi connectivity index (χ0v) is 10.1. The van der Waals surface area contributed by atoms with Crippen LogP contribution >= 0.6 is 11.6 Å². The summed E-state index contributed by atoms with van der Waals surface area (Å²) in [7, 11) is 0. The highest BCUT2D eigenvalue weighted by atomic mass is 35.5. The summed E-state index contributed by atoms with van der Waals surface area (Å²) < 4.78 is 5.35. The van der Waals surface area contributed by atoms with Crippen LogP contribution in [0.25, 0.3) is 0 Å². The van der Waals surface area contributed by atoms with Crippen LogP contribution in [0.2, 0.25) is 5.02 Å². The molecule has 15 heavy (non-hydrogen) atoms. The first-order valence-corrected chi connectivity index (χ1v) is 5.18. The van der Waals surface area contributed by atoms with Gasteiger partial charge in [0.15, 0.2) is 0 Å². The molecule has 0 atom stereocenters. The van der Waals surface area contributed by atoms with E-state index in [2.05, 4.69) is 26.7 Å². The predicted octanol–water partition coefficient (Wildman–Crippen LogP) is 3.65. The second-order valence-corrected chi connectivity index (χ2v) is 4.85. The van der Waals surface area contributed by atoms with Crippen LogP contribution in [0.4, 0.5) is 0 Å². The van der Waals surface area contributed by atoms with Gasteiger partial charge in [0.05, 0.1) is 0 Å². The molecule has 1 nitrogen and oxygen atoms in total. The molecule has 1 aromatic rings. The summed E-state index contributed by atoms with van der Waals surface area (Å²) in [6.45, 7) is 6.65. The van der Waals surface area contributed by atoms with Gasteiger partial charge in [0.25, 0.3) is 0 Å². The van der Waals surface area contributed by atoms with Gasteiger partial charge in [0, 0.05) is 5.02 Å². The first-order chi connectivity index (χ1) is 6.93. The van der Waals surface area contributed by atoms with Crippen LogP contribution in [-0.2, 0) is 5.41 Å². The lowest BCUT2D eigenvalue weighted by Gasteiger charge is -2.20. The molecular formula is C13H15ClO. The SMILES string of the molecule is C#CCOc1cc(Cl)cc(C(C)(C)C)c1. The molecule has 0 amide bonds. The number of rotatable bonds is 2. The number of terminal acetylenes is 1. The summed E-state index contributed by atoms with van der Waals surface area (Å²) in [5, 5.41) is 0.675. The standard InChI is InChI=1S/C13H15ClO/c1-5-6-15-12-8-10(13(2,3)4)7-11(14)9-12/h1,7-9H,6H2,2-4H3. The fourth-order valence-electron chi connectivity index (χ4n) is 1.20. The van der Waals surface area contributed by atoms with Crippen molar-refractivity contribution >= 4 is 11.6 Å². The molecule has 2 heteroatoms. The smallest absolute Gasteiger partial charge is 0.148 e. The normalized spacial score (nSPS) is 10.9. The molecule has 0 N–H and O–H groups in total. The van der Waals surface area contributed by atoms with Crippen LogP contribution in [0.3, 0.4) is 0 Å². The summed E-state index contributed by atoms with van der Waals surface area (Å²) in [6, 6.07) is 5.70. The van der Waals surface area contributed by atoms with Crippen molar-refractivity contribution in [1.29, 1.82) is 0 Å². The first-order valence-electron chi connectivity index (χ1n) is 4.81. The summed E-state index contributed by atoms with van der Waals surface area (Å²) in [4.78, 5) is 0. The summed E-state index contributed by atoms with van der Waals surface area (Å²) in [5.74, 6) is 3.16. The van der Waals surface area contributed by atoms with Crippen LogP contribution in [0.15, 0.2) is 18.2 Å². The molecule has 0 fully saturated rings. The Labute approximate surface area is 96.4 Å². The quantitative estimate of drug-likeness (QED) is 0.695. The third-order valence-electron chi connectivity index (χ3n) is 2.06. The van der Waals surface area contributed by atoms with Gasteiger partial charge in [0.1, 0.15) is 12.4 Å². The molecule has 1 aromatic carbocycles. The minimum absolute atomic E-state index is 0.0547. The van der Waals surface area contributed by atoms with Crippen molar-refractivity contribution in [3.8, 4) is 18.1 Å². The molecule has 0 aromatic heterocycles. The molecule has 0 saturated carbocycles. The van der Waals surface area contributed by atoms with E-state index in [1.807, 2.05) is 12.1 Å². The molecule has 0 heterocycles. The van der Waals surface area contributed by atoms with Crippen LogP contribution in [0, 0.1) is 12.3 Å². The molecule has 0 aliphatic heterocycles. The lowest BCUT2D eigenvalue weighted by Crippen LogP contribution is -2.11. The predicted molar refractivity (Wildman–Crippen MR) is 64.5 cm³/mol. The Kier molecular flexibility index (Phi) is 3.66. The Hall–Kier alpha value is -1.13. The van der Waals surface area contributed by atoms with Crippen molar-refractivity contribution < 1.29 is 4.74 Å². The van der Waals surface area contributed by atoms with Gasteiger partial charge in [-0.25, -0.2) is 0 Å². The van der Waals surface area contributed by atoms with E-state index in [-0.39, 0.29) is 12.0 Å². The average Bonchev–Trinajstić information content (AvgIpc) is 2.12. The van der Waals surface area contributed by atoms with E-state index < -0.39 is 0 Å². The van der Waals surface area contributed by atoms with Gasteiger partial charge in [-0.3, -0.25) is 0 Å². The average molecular weight is 223 g/mol. The fourth-order valence-corrected chi connectivity index (χ4v) is 1.43. The Morgan fingerprint density at radius 1 is 1.33 bits per heavy atom. The zero-order valence-electron chi connectivity index (χ0n) is 9.30. The maximum Gasteiger partial charge on any atom is 0.148 e. The van der Waals surface area contributed by atoms with Crippen molar-refractivity contribution in [1.82, 2.24) is 0 Å². The van der Waals surface area contributed by atoms with Crippen LogP contribution < -0.4 is 4.74 Å². The van der Waals surface area contributed by atoms with E-state index in [9.17, 15) is 0 Å². The van der Waals surface area contributed by atoms with Crippen LogP contribution in [0.1, 0.15) is 26.3 Å². The van der Waals surface area contributed by atoms with Crippen molar-refractivity contribution in [2.75, 3.05) is 6.61 Å². The molecule has 0 saturated heterocycles. The molecule has 0 unspecified atom stereocenters. The molecule has 80 valence electrons. The number of halogens is 1. The first kappa shape index (κ1) is 11.9. The van der Waals surface area contributed by atoms with Gasteiger partial charge in [-0.15, -0.1) is 6.42 Å². The van der Waals surface area contributed by atoms with E-state index in [4.69, 9.17) is 22.8 Å². The number of hydrogen-bond donors (Lipinski definition) is 0. The van der Waals surface area contributed by atoms with Crippen molar-refractivity contribution in [2.45, 2.75) is 26.2 Å². The third kappa shape index (κ3) is 3.49. The van der Waals surface area contributed by atoms with Crippen molar-refractivity contribution in [3.05, 3.63) is 28.8 Å². The third-order valence-corrected chi connectivity index (χ3v) is 2.28. The van der Waals surface area contributed by atoms with Gasteiger partial charge in [-0.2, -0.15) is 0 Å². The van der Waals surface area contributed by atoms with E-state index >= 15 is 0 Å². The number of hydrogen-bond acceptors (Lipinski definition) is 1. The highest BCUT2D eigenvalue weighted by molar-refractivity contribution is 6.30. The van der Waals surface area contributed by atoms with E-state index in [1.165, 1.54) is 0 Å². The zero-order chi connectivity index (χ0) is 11.5. The Bertz CT molecular complexity index is 383. The second-order valence-electron chi connectivity index (χ2n) is 4.42. The number of benzene rings is 1. The number of ether oxygens (including phenoxy) is 1. The highest BCUT2D eigenvalue weighted by Gasteiger charge is 2.15. The van der Waals surface area contributed by atoms with E-state index in [1.54, 1.807) is 6.07 Å². The van der Waals surface area contributed by atoms with Gasteiger partial charge >= 0.3 is 0 Å². The summed E-state index contributed by atoms with van der Waals surface area (Å²) in [5.41, 5.74) is 1.20. The van der Waals surface area contributed by atoms with Gasteiger partial charge in [-0.05, 0) is 29.2 Å². The lowest BCUT2D eigenvalue weighted by atomic mass is 9.87. The topological polar surface area (TPSA) is 9.23 Å². The van der Waals surface area contributed by atoms with E-state index in [0.717, 1.165) is 11.3 Å². The van der Waals surface area contributed by atoms with Gasteiger partial charge in [-0.1, -0.05) is 38.3 Å². The largest absolute Gasteiger partial charge is 0.481 e. The molecule has 1 rings (SSSR count). The summed E-state index contributed by atoms with van der Waals surface area (Å²) >= 11 is 6.00. The fraction of sp³-hybridized carbons (Fsp3) is 0.385. The summed E-state index contributed by atoms with van der Waals surface area (Å²) in [6.07, 6.45) is 5.13.